The van der Waals surface area contributed by atoms with Crippen molar-refractivity contribution in [2.45, 2.75) is 84.1 Å². The number of unbranched alkanes of at least 4 members (excludes halogenated alkanes) is 6. The first-order valence-electron chi connectivity index (χ1n) is 7.59. The maximum atomic E-state index is 11.7. The lowest BCUT2D eigenvalue weighted by molar-refractivity contribution is -0.122. The Balaban J connectivity index is 3.53. The molecule has 0 aromatic heterocycles. The second kappa shape index (κ2) is 10.4. The number of hydrogen-bond donors (Lipinski definition) is 2. The molecule has 0 bridgehead atoms. The summed E-state index contributed by atoms with van der Waals surface area (Å²) in [5, 5.41) is 3.04. The molecule has 18 heavy (non-hydrogen) atoms. The van der Waals surface area contributed by atoms with E-state index in [0.29, 0.717) is 13.0 Å². The van der Waals surface area contributed by atoms with Crippen molar-refractivity contribution in [3.05, 3.63) is 0 Å². The van der Waals surface area contributed by atoms with E-state index in [0.717, 1.165) is 12.8 Å². The van der Waals surface area contributed by atoms with Gasteiger partial charge in [0.2, 0.25) is 5.91 Å². The molecule has 3 N–H and O–H groups in total. The molecule has 0 saturated carbocycles. The zero-order valence-corrected chi connectivity index (χ0v) is 12.6. The molecule has 0 saturated heterocycles. The first kappa shape index (κ1) is 17.4. The molecule has 0 aromatic carbocycles. The largest absolute Gasteiger partial charge is 0.350 e. The van der Waals surface area contributed by atoms with Gasteiger partial charge in [0.25, 0.3) is 0 Å². The third-order valence-electron chi connectivity index (χ3n) is 3.68. The summed E-state index contributed by atoms with van der Waals surface area (Å²) in [5.41, 5.74) is 5.45. The predicted octanol–water partition coefficient (Wildman–Crippen LogP) is 3.37. The minimum Gasteiger partial charge on any atom is -0.350 e. The highest BCUT2D eigenvalue weighted by Gasteiger charge is 2.21. The highest BCUT2D eigenvalue weighted by molar-refractivity contribution is 5.76. The van der Waals surface area contributed by atoms with Crippen molar-refractivity contribution in [3.8, 4) is 0 Å². The molecule has 0 radical (unpaired) electrons. The van der Waals surface area contributed by atoms with Crippen molar-refractivity contribution in [1.82, 2.24) is 5.32 Å². The van der Waals surface area contributed by atoms with Gasteiger partial charge in [0.1, 0.15) is 0 Å². The van der Waals surface area contributed by atoms with Gasteiger partial charge in [0.05, 0.1) is 0 Å². The van der Waals surface area contributed by atoms with Crippen LogP contribution in [0.25, 0.3) is 0 Å². The molecular formula is C15H32N2O. The molecule has 1 unspecified atom stereocenters. The lowest BCUT2D eigenvalue weighted by atomic mass is 9.98. The van der Waals surface area contributed by atoms with E-state index in [1.165, 1.54) is 38.5 Å². The number of amides is 1. The molecule has 0 aliphatic carbocycles. The van der Waals surface area contributed by atoms with Crippen molar-refractivity contribution in [2.24, 2.45) is 5.73 Å². The average Bonchev–Trinajstić information content (AvgIpc) is 2.37. The second-order valence-electron chi connectivity index (χ2n) is 5.54. The van der Waals surface area contributed by atoms with E-state index >= 15 is 0 Å². The van der Waals surface area contributed by atoms with Crippen molar-refractivity contribution >= 4 is 5.91 Å². The van der Waals surface area contributed by atoms with E-state index in [2.05, 4.69) is 19.2 Å². The van der Waals surface area contributed by atoms with Crippen molar-refractivity contribution < 1.29 is 4.79 Å². The maximum absolute atomic E-state index is 11.7. The summed E-state index contributed by atoms with van der Waals surface area (Å²) in [4.78, 5) is 11.7. The van der Waals surface area contributed by atoms with E-state index in [1.54, 1.807) is 0 Å². The molecule has 0 rings (SSSR count). The molecule has 0 aliphatic heterocycles. The van der Waals surface area contributed by atoms with Gasteiger partial charge in [-0.2, -0.15) is 0 Å². The first-order chi connectivity index (χ1) is 8.58. The number of rotatable bonds is 11. The number of carbonyl (C=O) groups excluding carboxylic acids is 1. The fraction of sp³-hybridized carbons (Fsp3) is 0.933. The molecule has 0 aliphatic rings. The Morgan fingerprint density at radius 3 is 2.11 bits per heavy atom. The molecule has 0 heterocycles. The van der Waals surface area contributed by atoms with Gasteiger partial charge >= 0.3 is 0 Å². The lowest BCUT2D eigenvalue weighted by Gasteiger charge is -2.27. The number of nitrogens with one attached hydrogen (secondary N) is 1. The third kappa shape index (κ3) is 8.51. The van der Waals surface area contributed by atoms with Gasteiger partial charge in [-0.25, -0.2) is 0 Å². The van der Waals surface area contributed by atoms with Crippen LogP contribution in [0, 0.1) is 0 Å². The summed E-state index contributed by atoms with van der Waals surface area (Å²) in [6.07, 6.45) is 10.2. The summed E-state index contributed by atoms with van der Waals surface area (Å²) < 4.78 is 0. The van der Waals surface area contributed by atoms with Crippen molar-refractivity contribution in [1.29, 1.82) is 0 Å². The van der Waals surface area contributed by atoms with Crippen molar-refractivity contribution in [2.75, 3.05) is 6.54 Å². The highest BCUT2D eigenvalue weighted by Crippen LogP contribution is 2.10. The van der Waals surface area contributed by atoms with Gasteiger partial charge in [-0.05, 0) is 19.8 Å². The van der Waals surface area contributed by atoms with Gasteiger partial charge < -0.3 is 11.1 Å². The summed E-state index contributed by atoms with van der Waals surface area (Å²) in [7, 11) is 0. The van der Waals surface area contributed by atoms with E-state index in [4.69, 9.17) is 5.73 Å². The minimum atomic E-state index is -0.224. The van der Waals surface area contributed by atoms with E-state index in [9.17, 15) is 4.79 Å². The van der Waals surface area contributed by atoms with Crippen LogP contribution < -0.4 is 11.1 Å². The van der Waals surface area contributed by atoms with Gasteiger partial charge in [-0.3, -0.25) is 4.79 Å². The average molecular weight is 256 g/mol. The Labute approximate surface area is 113 Å². The van der Waals surface area contributed by atoms with Gasteiger partial charge in [-0.15, -0.1) is 0 Å². The fourth-order valence-electron chi connectivity index (χ4n) is 1.93. The monoisotopic (exact) mass is 256 g/mol. The Morgan fingerprint density at radius 1 is 1.06 bits per heavy atom. The summed E-state index contributed by atoms with van der Waals surface area (Å²) in [6, 6.07) is 0. The SMILES string of the molecule is CCCCCCCCCC(=O)NC(C)(CC)CN. The molecule has 0 fully saturated rings. The Bertz CT molecular complexity index is 213. The lowest BCUT2D eigenvalue weighted by Crippen LogP contribution is -2.50. The Kier molecular flexibility index (Phi) is 10.0. The molecule has 3 nitrogen and oxygen atoms in total. The van der Waals surface area contributed by atoms with Crippen LogP contribution in [-0.2, 0) is 4.79 Å². The molecule has 0 aromatic rings. The minimum absolute atomic E-state index is 0.151. The Hall–Kier alpha value is -0.570. The smallest absolute Gasteiger partial charge is 0.220 e. The van der Waals surface area contributed by atoms with Crippen LogP contribution in [0.15, 0.2) is 0 Å². The number of hydrogen-bond acceptors (Lipinski definition) is 2. The van der Waals surface area contributed by atoms with E-state index < -0.39 is 0 Å². The molecule has 0 spiro atoms. The zero-order chi connectivity index (χ0) is 13.9. The zero-order valence-electron chi connectivity index (χ0n) is 12.6. The topological polar surface area (TPSA) is 55.1 Å². The standard InChI is InChI=1S/C15H32N2O/c1-4-6-7-8-9-10-11-12-14(18)17-15(3,5-2)13-16/h4-13,16H2,1-3H3,(H,17,18). The summed E-state index contributed by atoms with van der Waals surface area (Å²) in [6.45, 7) is 6.80. The van der Waals surface area contributed by atoms with Crippen LogP contribution in [0.3, 0.4) is 0 Å². The van der Waals surface area contributed by atoms with E-state index in [-0.39, 0.29) is 11.4 Å². The second-order valence-corrected chi connectivity index (χ2v) is 5.54. The van der Waals surface area contributed by atoms with Crippen LogP contribution in [0.5, 0.6) is 0 Å². The van der Waals surface area contributed by atoms with Crippen LogP contribution in [-0.4, -0.2) is 18.0 Å². The Morgan fingerprint density at radius 2 is 1.61 bits per heavy atom. The van der Waals surface area contributed by atoms with Gasteiger partial charge in [0.15, 0.2) is 0 Å². The van der Waals surface area contributed by atoms with Crippen LogP contribution >= 0.6 is 0 Å². The van der Waals surface area contributed by atoms with Crippen LogP contribution in [0.2, 0.25) is 0 Å². The molecular weight excluding hydrogens is 224 g/mol. The van der Waals surface area contributed by atoms with Crippen molar-refractivity contribution in [3.63, 3.8) is 0 Å². The summed E-state index contributed by atoms with van der Waals surface area (Å²) in [5.74, 6) is 0.151. The van der Waals surface area contributed by atoms with E-state index in [1.807, 2.05) is 6.92 Å². The van der Waals surface area contributed by atoms with Gasteiger partial charge in [0, 0.05) is 18.5 Å². The number of nitrogens with two attached hydrogens (primary N) is 1. The van der Waals surface area contributed by atoms with Crippen LogP contribution in [0.1, 0.15) is 78.6 Å². The summed E-state index contributed by atoms with van der Waals surface area (Å²) >= 11 is 0. The fourth-order valence-corrected chi connectivity index (χ4v) is 1.93. The highest BCUT2D eigenvalue weighted by atomic mass is 16.1. The maximum Gasteiger partial charge on any atom is 0.220 e. The molecule has 1 atom stereocenters. The third-order valence-corrected chi connectivity index (χ3v) is 3.68. The molecule has 1 amide bonds. The quantitative estimate of drug-likeness (QED) is 0.557. The van der Waals surface area contributed by atoms with Gasteiger partial charge in [-0.1, -0.05) is 52.4 Å². The molecule has 3 heteroatoms. The first-order valence-corrected chi connectivity index (χ1v) is 7.59. The number of carbonyl (C=O) groups is 1. The normalized spacial score (nSPS) is 14.2. The molecule has 108 valence electrons. The predicted molar refractivity (Wildman–Crippen MR) is 78.5 cm³/mol. The van der Waals surface area contributed by atoms with Crippen LogP contribution in [0.4, 0.5) is 0 Å².